The summed E-state index contributed by atoms with van der Waals surface area (Å²) in [7, 11) is 0. The average Bonchev–Trinajstić information content (AvgIpc) is 3.19. The normalized spacial score (nSPS) is 15.9. The molecule has 29 heavy (non-hydrogen) atoms. The molecule has 1 aliphatic rings. The van der Waals surface area contributed by atoms with E-state index < -0.39 is 0 Å². The molecule has 1 unspecified atom stereocenters. The fourth-order valence-electron chi connectivity index (χ4n) is 3.32. The van der Waals surface area contributed by atoms with Crippen LogP contribution in [0.2, 0.25) is 0 Å². The summed E-state index contributed by atoms with van der Waals surface area (Å²) >= 11 is 0. The second-order valence-corrected chi connectivity index (χ2v) is 9.16. The highest BCUT2D eigenvalue weighted by atomic mass is 16.2. The van der Waals surface area contributed by atoms with Crippen LogP contribution in [0.5, 0.6) is 0 Å². The van der Waals surface area contributed by atoms with E-state index in [2.05, 4.69) is 50.6 Å². The van der Waals surface area contributed by atoms with Crippen molar-refractivity contribution in [2.45, 2.75) is 72.9 Å². The summed E-state index contributed by atoms with van der Waals surface area (Å²) in [6.07, 6.45) is 4.46. The maximum absolute atomic E-state index is 12.3. The molecule has 1 aromatic carbocycles. The molecule has 0 spiro atoms. The predicted molar refractivity (Wildman–Crippen MR) is 122 cm³/mol. The molecule has 6 nitrogen and oxygen atoms in total. The third kappa shape index (κ3) is 8.75. The van der Waals surface area contributed by atoms with Gasteiger partial charge in [0.25, 0.3) is 0 Å². The van der Waals surface area contributed by atoms with Crippen LogP contribution in [-0.2, 0) is 6.54 Å². The van der Waals surface area contributed by atoms with Crippen molar-refractivity contribution in [1.82, 2.24) is 15.5 Å². The quantitative estimate of drug-likeness (QED) is 0.462. The van der Waals surface area contributed by atoms with E-state index in [0.29, 0.717) is 18.0 Å². The predicted octanol–water partition coefficient (Wildman–Crippen LogP) is 4.58. The number of carbonyl (C=O) groups is 1. The minimum Gasteiger partial charge on any atom is -0.357 e. The molecule has 1 fully saturated rings. The van der Waals surface area contributed by atoms with Crippen LogP contribution in [0.25, 0.3) is 0 Å². The van der Waals surface area contributed by atoms with E-state index in [1.807, 2.05) is 29.2 Å². The summed E-state index contributed by atoms with van der Waals surface area (Å²) in [6, 6.07) is 8.30. The molecule has 2 amide bonds. The number of hydrogen-bond donors (Lipinski definition) is 3. The van der Waals surface area contributed by atoms with Gasteiger partial charge in [-0.25, -0.2) is 9.79 Å². The Morgan fingerprint density at radius 2 is 1.97 bits per heavy atom. The Morgan fingerprint density at radius 3 is 2.62 bits per heavy atom. The Labute approximate surface area is 176 Å². The lowest BCUT2D eigenvalue weighted by atomic mass is 9.89. The molecule has 3 N–H and O–H groups in total. The molecule has 0 aliphatic carbocycles. The summed E-state index contributed by atoms with van der Waals surface area (Å²) < 4.78 is 0. The lowest BCUT2D eigenvalue weighted by Gasteiger charge is -2.23. The summed E-state index contributed by atoms with van der Waals surface area (Å²) in [5.74, 6) is 0.834. The van der Waals surface area contributed by atoms with Gasteiger partial charge in [0, 0.05) is 31.4 Å². The maximum Gasteiger partial charge on any atom is 0.321 e. The number of anilines is 1. The lowest BCUT2D eigenvalue weighted by Crippen LogP contribution is -2.42. The van der Waals surface area contributed by atoms with Crippen molar-refractivity contribution in [2.24, 2.45) is 10.4 Å². The van der Waals surface area contributed by atoms with Crippen molar-refractivity contribution in [1.29, 1.82) is 0 Å². The Kier molecular flexibility index (Phi) is 8.80. The van der Waals surface area contributed by atoms with Crippen LogP contribution < -0.4 is 16.0 Å². The van der Waals surface area contributed by atoms with Crippen molar-refractivity contribution >= 4 is 17.7 Å². The van der Waals surface area contributed by atoms with E-state index in [-0.39, 0.29) is 6.03 Å². The van der Waals surface area contributed by atoms with Crippen LogP contribution in [0.3, 0.4) is 0 Å². The number of likely N-dealkylation sites (tertiary alicyclic amines) is 1. The number of benzene rings is 1. The fourth-order valence-corrected chi connectivity index (χ4v) is 3.32. The van der Waals surface area contributed by atoms with E-state index in [1.54, 1.807) is 0 Å². The molecule has 0 radical (unpaired) electrons. The van der Waals surface area contributed by atoms with Gasteiger partial charge in [0.05, 0.1) is 6.54 Å². The molecular formula is C23H39N5O. The van der Waals surface area contributed by atoms with Crippen LogP contribution >= 0.6 is 0 Å². The first kappa shape index (κ1) is 23.0. The van der Waals surface area contributed by atoms with Crippen LogP contribution in [0.4, 0.5) is 10.5 Å². The number of carbonyl (C=O) groups excluding carboxylic acids is 1. The summed E-state index contributed by atoms with van der Waals surface area (Å²) in [6.45, 7) is 14.2. The molecule has 162 valence electrons. The van der Waals surface area contributed by atoms with E-state index in [4.69, 9.17) is 4.99 Å². The van der Waals surface area contributed by atoms with Gasteiger partial charge in [-0.3, -0.25) is 0 Å². The van der Waals surface area contributed by atoms with E-state index in [1.165, 1.54) is 6.42 Å². The number of hydrogen-bond acceptors (Lipinski definition) is 2. The zero-order valence-electron chi connectivity index (χ0n) is 18.8. The van der Waals surface area contributed by atoms with Gasteiger partial charge in [-0.2, -0.15) is 0 Å². The Hall–Kier alpha value is -2.24. The SMILES string of the molecule is CCNC(=NCc1cccc(NC(=O)N2CCCC2)c1)NC(C)CCC(C)(C)C. The van der Waals surface area contributed by atoms with Gasteiger partial charge in [0.2, 0.25) is 0 Å². The van der Waals surface area contributed by atoms with Gasteiger partial charge in [-0.15, -0.1) is 0 Å². The Morgan fingerprint density at radius 1 is 1.24 bits per heavy atom. The Bertz CT molecular complexity index is 674. The van der Waals surface area contributed by atoms with Crippen molar-refractivity contribution in [2.75, 3.05) is 25.0 Å². The largest absolute Gasteiger partial charge is 0.357 e. The second-order valence-electron chi connectivity index (χ2n) is 9.16. The van der Waals surface area contributed by atoms with E-state index >= 15 is 0 Å². The van der Waals surface area contributed by atoms with Gasteiger partial charge < -0.3 is 20.9 Å². The molecule has 1 aliphatic heterocycles. The first-order chi connectivity index (χ1) is 13.8. The second kappa shape index (κ2) is 11.1. The zero-order chi connectivity index (χ0) is 21.3. The number of guanidine groups is 1. The molecule has 6 heteroatoms. The molecule has 1 aromatic rings. The third-order valence-electron chi connectivity index (χ3n) is 5.05. The highest BCUT2D eigenvalue weighted by Gasteiger charge is 2.17. The van der Waals surface area contributed by atoms with E-state index in [0.717, 1.165) is 56.1 Å². The standard InChI is InChI=1S/C23H39N5O/c1-6-24-21(26-18(2)12-13-23(3,4)5)25-17-19-10-9-11-20(16-19)27-22(29)28-14-7-8-15-28/h9-11,16,18H,6-8,12-15,17H2,1-5H3,(H,27,29)(H2,24,25,26). The van der Waals surface area contributed by atoms with Gasteiger partial charge in [-0.1, -0.05) is 32.9 Å². The average molecular weight is 402 g/mol. The number of nitrogens with zero attached hydrogens (tertiary/aromatic N) is 2. The number of nitrogens with one attached hydrogen (secondary N) is 3. The monoisotopic (exact) mass is 401 g/mol. The number of rotatable bonds is 7. The van der Waals surface area contributed by atoms with Crippen molar-refractivity contribution in [3.8, 4) is 0 Å². The lowest BCUT2D eigenvalue weighted by molar-refractivity contribution is 0.222. The smallest absolute Gasteiger partial charge is 0.321 e. The topological polar surface area (TPSA) is 68.8 Å². The van der Waals surface area contributed by atoms with Crippen LogP contribution in [0.1, 0.15) is 65.9 Å². The molecule has 1 heterocycles. The number of amides is 2. The van der Waals surface area contributed by atoms with E-state index in [9.17, 15) is 4.79 Å². The minimum absolute atomic E-state index is 0.00849. The first-order valence-electron chi connectivity index (χ1n) is 11.0. The fraction of sp³-hybridized carbons (Fsp3) is 0.652. The van der Waals surface area contributed by atoms with Crippen LogP contribution in [0.15, 0.2) is 29.3 Å². The molecule has 1 atom stereocenters. The van der Waals surface area contributed by atoms with Crippen LogP contribution in [-0.4, -0.2) is 42.6 Å². The van der Waals surface area contributed by atoms with Crippen molar-refractivity contribution in [3.05, 3.63) is 29.8 Å². The molecule has 0 bridgehead atoms. The molecule has 2 rings (SSSR count). The van der Waals surface area contributed by atoms with Crippen molar-refractivity contribution < 1.29 is 4.79 Å². The summed E-state index contributed by atoms with van der Waals surface area (Å²) in [5, 5.41) is 9.84. The molecule has 1 saturated heterocycles. The van der Waals surface area contributed by atoms with Gasteiger partial charge >= 0.3 is 6.03 Å². The highest BCUT2D eigenvalue weighted by Crippen LogP contribution is 2.21. The molecule has 0 saturated carbocycles. The minimum atomic E-state index is -0.00849. The third-order valence-corrected chi connectivity index (χ3v) is 5.05. The Balaban J connectivity index is 1.93. The summed E-state index contributed by atoms with van der Waals surface area (Å²) in [4.78, 5) is 18.9. The van der Waals surface area contributed by atoms with Crippen molar-refractivity contribution in [3.63, 3.8) is 0 Å². The van der Waals surface area contributed by atoms with Gasteiger partial charge in [0.15, 0.2) is 5.96 Å². The number of aliphatic imine (C=N–C) groups is 1. The van der Waals surface area contributed by atoms with Gasteiger partial charge in [0.1, 0.15) is 0 Å². The number of urea groups is 1. The van der Waals surface area contributed by atoms with Crippen LogP contribution in [0, 0.1) is 5.41 Å². The first-order valence-corrected chi connectivity index (χ1v) is 11.0. The zero-order valence-corrected chi connectivity index (χ0v) is 18.8. The summed E-state index contributed by atoms with van der Waals surface area (Å²) in [5.41, 5.74) is 2.24. The maximum atomic E-state index is 12.3. The van der Waals surface area contributed by atoms with Gasteiger partial charge in [-0.05, 0) is 62.6 Å². The highest BCUT2D eigenvalue weighted by molar-refractivity contribution is 5.89. The molecular weight excluding hydrogens is 362 g/mol. The molecule has 0 aromatic heterocycles.